The Balaban J connectivity index is 1.89. The molecule has 0 spiro atoms. The number of carbonyl (C=O) groups excluding carboxylic acids is 1. The Hall–Kier alpha value is -3.10. The fourth-order valence-electron chi connectivity index (χ4n) is 2.72. The number of carbonyl (C=O) groups is 1. The van der Waals surface area contributed by atoms with Gasteiger partial charge in [-0.3, -0.25) is 4.79 Å². The van der Waals surface area contributed by atoms with E-state index >= 15 is 0 Å². The topological polar surface area (TPSA) is 64.7 Å². The molecule has 0 bridgehead atoms. The number of hydrogen-bond acceptors (Lipinski definition) is 3. The van der Waals surface area contributed by atoms with Crippen molar-refractivity contribution in [3.63, 3.8) is 0 Å². The summed E-state index contributed by atoms with van der Waals surface area (Å²) in [6, 6.07) is 6.53. The van der Waals surface area contributed by atoms with Gasteiger partial charge in [0.1, 0.15) is 5.82 Å². The summed E-state index contributed by atoms with van der Waals surface area (Å²) in [7, 11) is 0. The highest BCUT2D eigenvalue weighted by Crippen LogP contribution is 2.30. The fourth-order valence-corrected chi connectivity index (χ4v) is 2.72. The van der Waals surface area contributed by atoms with E-state index < -0.39 is 17.6 Å². The molecule has 3 rings (SSSR count). The van der Waals surface area contributed by atoms with Crippen LogP contribution < -0.4 is 5.32 Å². The zero-order valence-corrected chi connectivity index (χ0v) is 14.9. The maximum atomic E-state index is 12.9. The van der Waals surface area contributed by atoms with E-state index in [2.05, 4.69) is 15.5 Å². The van der Waals surface area contributed by atoms with Gasteiger partial charge in [0, 0.05) is 12.1 Å². The van der Waals surface area contributed by atoms with Gasteiger partial charge in [0.25, 0.3) is 5.91 Å². The molecule has 1 aromatic carbocycles. The van der Waals surface area contributed by atoms with Gasteiger partial charge >= 0.3 is 6.18 Å². The third-order valence-electron chi connectivity index (χ3n) is 4.07. The van der Waals surface area contributed by atoms with E-state index in [1.165, 1.54) is 23.0 Å². The molecule has 0 unspecified atom stereocenters. The second kappa shape index (κ2) is 6.90. The molecule has 0 saturated heterocycles. The van der Waals surface area contributed by atoms with Crippen LogP contribution >= 0.6 is 0 Å². The molecular weight excluding hydrogens is 359 g/mol. The first-order valence-corrected chi connectivity index (χ1v) is 8.25. The molecule has 0 aliphatic carbocycles. The smallest absolute Gasteiger partial charge is 0.307 e. The first kappa shape index (κ1) is 18.7. The van der Waals surface area contributed by atoms with Crippen molar-refractivity contribution in [3.8, 4) is 5.69 Å². The molecule has 1 N–H and O–H groups in total. The highest BCUT2D eigenvalue weighted by atomic mass is 19.4. The standard InChI is InChI=1S/C18H18F3N5O/c1-11(2)25-16(7-8-22-25)24-17(27)15-10-23-26(12(15)3)14-6-4-5-13(9-14)18(19,20)21/h4-11H,1-3H3,(H,24,27). The van der Waals surface area contributed by atoms with Gasteiger partial charge in [-0.2, -0.15) is 23.4 Å². The summed E-state index contributed by atoms with van der Waals surface area (Å²) in [5, 5.41) is 11.0. The number of rotatable bonds is 4. The molecule has 2 heterocycles. The normalized spacial score (nSPS) is 11.8. The Kier molecular flexibility index (Phi) is 4.77. The quantitative estimate of drug-likeness (QED) is 0.740. The zero-order chi connectivity index (χ0) is 19.8. The Morgan fingerprint density at radius 2 is 1.93 bits per heavy atom. The summed E-state index contributed by atoms with van der Waals surface area (Å²) in [6.45, 7) is 5.49. The first-order valence-electron chi connectivity index (χ1n) is 8.25. The SMILES string of the molecule is Cc1c(C(=O)Nc2ccnn2C(C)C)cnn1-c1cccc(C(F)(F)F)c1. The number of hydrogen-bond donors (Lipinski definition) is 1. The van der Waals surface area contributed by atoms with Gasteiger partial charge < -0.3 is 5.32 Å². The number of amides is 1. The number of nitrogens with one attached hydrogen (secondary N) is 1. The van der Waals surface area contributed by atoms with Crippen LogP contribution in [0.15, 0.2) is 42.7 Å². The molecule has 9 heteroatoms. The van der Waals surface area contributed by atoms with Crippen LogP contribution in [-0.4, -0.2) is 25.5 Å². The number of halogens is 3. The third-order valence-corrected chi connectivity index (χ3v) is 4.07. The predicted molar refractivity (Wildman–Crippen MR) is 93.9 cm³/mol. The minimum atomic E-state index is -4.45. The second-order valence-corrected chi connectivity index (χ2v) is 6.31. The van der Waals surface area contributed by atoms with Crippen LogP contribution in [0.1, 0.15) is 41.5 Å². The van der Waals surface area contributed by atoms with Gasteiger partial charge in [-0.1, -0.05) is 6.07 Å². The van der Waals surface area contributed by atoms with Crippen LogP contribution in [0.5, 0.6) is 0 Å². The molecular formula is C18H18F3N5O. The van der Waals surface area contributed by atoms with Gasteiger partial charge in [-0.25, -0.2) is 9.36 Å². The van der Waals surface area contributed by atoms with E-state index in [9.17, 15) is 18.0 Å². The highest BCUT2D eigenvalue weighted by molar-refractivity contribution is 6.04. The van der Waals surface area contributed by atoms with Crippen molar-refractivity contribution in [2.75, 3.05) is 5.32 Å². The number of benzene rings is 1. The maximum absolute atomic E-state index is 12.9. The summed E-state index contributed by atoms with van der Waals surface area (Å²) in [6.07, 6.45) is -1.54. The predicted octanol–water partition coefficient (Wildman–Crippen LogP) is 4.23. The van der Waals surface area contributed by atoms with E-state index in [0.717, 1.165) is 12.1 Å². The number of aromatic nitrogens is 4. The molecule has 1 amide bonds. The van der Waals surface area contributed by atoms with Crippen molar-refractivity contribution < 1.29 is 18.0 Å². The van der Waals surface area contributed by atoms with E-state index in [4.69, 9.17) is 0 Å². The molecule has 0 saturated carbocycles. The van der Waals surface area contributed by atoms with Crippen molar-refractivity contribution in [3.05, 3.63) is 59.5 Å². The molecule has 0 atom stereocenters. The highest BCUT2D eigenvalue weighted by Gasteiger charge is 2.30. The summed E-state index contributed by atoms with van der Waals surface area (Å²) in [5.74, 6) is 0.120. The number of anilines is 1. The maximum Gasteiger partial charge on any atom is 0.416 e. The minimum Gasteiger partial charge on any atom is -0.307 e. The van der Waals surface area contributed by atoms with Crippen LogP contribution in [0.3, 0.4) is 0 Å². The van der Waals surface area contributed by atoms with E-state index in [-0.39, 0.29) is 17.3 Å². The van der Waals surface area contributed by atoms with Gasteiger partial charge in [-0.05, 0) is 39.0 Å². The molecule has 3 aromatic rings. The summed E-state index contributed by atoms with van der Waals surface area (Å²) >= 11 is 0. The van der Waals surface area contributed by atoms with Gasteiger partial charge in [0.15, 0.2) is 0 Å². The van der Waals surface area contributed by atoms with Crippen LogP contribution in [0.4, 0.5) is 19.0 Å². The third kappa shape index (κ3) is 3.71. The molecule has 2 aromatic heterocycles. The molecule has 6 nitrogen and oxygen atoms in total. The van der Waals surface area contributed by atoms with E-state index in [1.807, 2.05) is 13.8 Å². The lowest BCUT2D eigenvalue weighted by atomic mass is 10.2. The zero-order valence-electron chi connectivity index (χ0n) is 14.9. The van der Waals surface area contributed by atoms with Crippen molar-refractivity contribution in [1.29, 1.82) is 0 Å². The van der Waals surface area contributed by atoms with Crippen molar-refractivity contribution in [2.24, 2.45) is 0 Å². The van der Waals surface area contributed by atoms with Crippen molar-refractivity contribution >= 4 is 11.7 Å². The Morgan fingerprint density at radius 3 is 2.59 bits per heavy atom. The first-order chi connectivity index (χ1) is 12.7. The fraction of sp³-hybridized carbons (Fsp3) is 0.278. The Bertz CT molecular complexity index is 972. The molecule has 0 fully saturated rings. The largest absolute Gasteiger partial charge is 0.416 e. The number of alkyl halides is 3. The van der Waals surface area contributed by atoms with Gasteiger partial charge in [0.05, 0.1) is 34.9 Å². The average Bonchev–Trinajstić information content (AvgIpc) is 3.20. The van der Waals surface area contributed by atoms with Crippen molar-refractivity contribution in [1.82, 2.24) is 19.6 Å². The summed E-state index contributed by atoms with van der Waals surface area (Å²) in [4.78, 5) is 12.6. The molecule has 0 radical (unpaired) electrons. The van der Waals surface area contributed by atoms with Crippen molar-refractivity contribution in [2.45, 2.75) is 33.0 Å². The van der Waals surface area contributed by atoms with Gasteiger partial charge in [-0.15, -0.1) is 0 Å². The van der Waals surface area contributed by atoms with Crippen LogP contribution in [-0.2, 0) is 6.18 Å². The molecule has 0 aliphatic rings. The number of nitrogens with zero attached hydrogens (tertiary/aromatic N) is 4. The van der Waals surface area contributed by atoms with Crippen LogP contribution in [0.25, 0.3) is 5.69 Å². The summed E-state index contributed by atoms with van der Waals surface area (Å²) < 4.78 is 41.8. The minimum absolute atomic E-state index is 0.0595. The lowest BCUT2D eigenvalue weighted by Crippen LogP contribution is -2.17. The Labute approximate surface area is 153 Å². The van der Waals surface area contributed by atoms with Crippen LogP contribution in [0.2, 0.25) is 0 Å². The average molecular weight is 377 g/mol. The monoisotopic (exact) mass is 377 g/mol. The van der Waals surface area contributed by atoms with Gasteiger partial charge in [0.2, 0.25) is 0 Å². The lowest BCUT2D eigenvalue weighted by Gasteiger charge is -2.12. The van der Waals surface area contributed by atoms with Crippen LogP contribution in [0, 0.1) is 6.92 Å². The Morgan fingerprint density at radius 1 is 1.19 bits per heavy atom. The molecule has 27 heavy (non-hydrogen) atoms. The summed E-state index contributed by atoms with van der Waals surface area (Å²) in [5.41, 5.74) is 0.154. The lowest BCUT2D eigenvalue weighted by molar-refractivity contribution is -0.137. The van der Waals surface area contributed by atoms with E-state index in [0.29, 0.717) is 11.5 Å². The molecule has 142 valence electrons. The second-order valence-electron chi connectivity index (χ2n) is 6.31. The molecule has 0 aliphatic heterocycles. The van der Waals surface area contributed by atoms with E-state index in [1.54, 1.807) is 23.9 Å².